The molecule has 0 bridgehead atoms. The maximum atomic E-state index is 13.9. The Kier molecular flexibility index (Phi) is 5.48. The molecule has 0 amide bonds. The third-order valence-electron chi connectivity index (χ3n) is 2.71. The molecule has 0 spiro atoms. The number of hydrogen-bond donors (Lipinski definition) is 1. The van der Waals surface area contributed by atoms with Gasteiger partial charge >= 0.3 is 0 Å². The van der Waals surface area contributed by atoms with E-state index in [2.05, 4.69) is 5.32 Å². The first-order valence-corrected chi connectivity index (χ1v) is 6.41. The summed E-state index contributed by atoms with van der Waals surface area (Å²) >= 11 is 0. The number of methoxy groups -OCH3 is 1. The van der Waals surface area contributed by atoms with Crippen LogP contribution in [-0.2, 0) is 11.2 Å². The Morgan fingerprint density at radius 1 is 1.37 bits per heavy atom. The molecule has 1 aromatic rings. The number of halogens is 1. The van der Waals surface area contributed by atoms with Crippen molar-refractivity contribution < 1.29 is 13.9 Å². The zero-order valence-electron chi connectivity index (χ0n) is 12.0. The summed E-state index contributed by atoms with van der Waals surface area (Å²) in [6.07, 6.45) is 0.503. The molecule has 0 radical (unpaired) electrons. The van der Waals surface area contributed by atoms with Crippen LogP contribution in [0.5, 0.6) is 5.75 Å². The second-order valence-electron chi connectivity index (χ2n) is 5.58. The van der Waals surface area contributed by atoms with Gasteiger partial charge in [-0.25, -0.2) is 4.39 Å². The lowest BCUT2D eigenvalue weighted by molar-refractivity contribution is -0.118. The lowest BCUT2D eigenvalue weighted by Gasteiger charge is -2.20. The van der Waals surface area contributed by atoms with Gasteiger partial charge in [-0.2, -0.15) is 0 Å². The van der Waals surface area contributed by atoms with Crippen LogP contribution in [0.15, 0.2) is 18.2 Å². The van der Waals surface area contributed by atoms with Gasteiger partial charge in [0.25, 0.3) is 0 Å². The zero-order chi connectivity index (χ0) is 14.5. The number of Topliss-reactive ketones (excluding diaryl/α,β-unsaturated/α-hetero) is 1. The molecule has 0 atom stereocenters. The van der Waals surface area contributed by atoms with Crippen LogP contribution < -0.4 is 10.1 Å². The molecule has 106 valence electrons. The quantitative estimate of drug-likeness (QED) is 0.861. The van der Waals surface area contributed by atoms with E-state index in [0.717, 1.165) is 0 Å². The second-order valence-corrected chi connectivity index (χ2v) is 5.58. The highest BCUT2D eigenvalue weighted by Crippen LogP contribution is 2.20. The molecule has 3 nitrogen and oxygen atoms in total. The van der Waals surface area contributed by atoms with E-state index in [4.69, 9.17) is 4.74 Å². The minimum atomic E-state index is -0.442. The molecule has 0 fully saturated rings. The SMILES string of the molecule is COc1cccc(CC(=O)CCNC(C)(C)C)c1F. The van der Waals surface area contributed by atoms with Crippen LogP contribution in [-0.4, -0.2) is 25.0 Å². The first kappa shape index (κ1) is 15.6. The summed E-state index contributed by atoms with van der Waals surface area (Å²) in [5, 5.41) is 3.24. The van der Waals surface area contributed by atoms with Gasteiger partial charge in [0.05, 0.1) is 7.11 Å². The van der Waals surface area contributed by atoms with Gasteiger partial charge in [-0.15, -0.1) is 0 Å². The summed E-state index contributed by atoms with van der Waals surface area (Å²) in [6.45, 7) is 6.73. The number of carbonyl (C=O) groups excluding carboxylic acids is 1. The first-order chi connectivity index (χ1) is 8.83. The fraction of sp³-hybridized carbons (Fsp3) is 0.533. The molecular formula is C15H22FNO2. The van der Waals surface area contributed by atoms with Crippen molar-refractivity contribution in [2.45, 2.75) is 39.2 Å². The van der Waals surface area contributed by atoms with Gasteiger partial charge in [0.15, 0.2) is 11.6 Å². The third-order valence-corrected chi connectivity index (χ3v) is 2.71. The summed E-state index contributed by atoms with van der Waals surface area (Å²) in [4.78, 5) is 11.8. The zero-order valence-corrected chi connectivity index (χ0v) is 12.0. The van der Waals surface area contributed by atoms with Crippen LogP contribution in [0.3, 0.4) is 0 Å². The van der Waals surface area contributed by atoms with Crippen LogP contribution in [0.25, 0.3) is 0 Å². The highest BCUT2D eigenvalue weighted by Gasteiger charge is 2.13. The van der Waals surface area contributed by atoms with Crippen LogP contribution in [0.2, 0.25) is 0 Å². The third kappa shape index (κ3) is 5.39. The van der Waals surface area contributed by atoms with Crippen molar-refractivity contribution in [3.63, 3.8) is 0 Å². The summed E-state index contributed by atoms with van der Waals surface area (Å²) in [5.41, 5.74) is 0.377. The number of carbonyl (C=O) groups is 1. The molecule has 0 unspecified atom stereocenters. The monoisotopic (exact) mass is 267 g/mol. The number of hydrogen-bond acceptors (Lipinski definition) is 3. The minimum Gasteiger partial charge on any atom is -0.494 e. The fourth-order valence-electron chi connectivity index (χ4n) is 1.73. The molecule has 0 aliphatic heterocycles. The van der Waals surface area contributed by atoms with Gasteiger partial charge in [-0.3, -0.25) is 4.79 Å². The number of rotatable bonds is 6. The molecule has 0 aromatic heterocycles. The molecule has 0 aliphatic carbocycles. The Hall–Kier alpha value is -1.42. The van der Waals surface area contributed by atoms with Crippen molar-refractivity contribution in [2.75, 3.05) is 13.7 Å². The topological polar surface area (TPSA) is 38.3 Å². The van der Waals surface area contributed by atoms with E-state index in [0.29, 0.717) is 18.5 Å². The molecule has 0 heterocycles. The molecule has 0 aliphatic rings. The molecular weight excluding hydrogens is 245 g/mol. The Labute approximate surface area is 114 Å². The standard InChI is InChI=1S/C15H22FNO2/c1-15(2,3)17-9-8-12(18)10-11-6-5-7-13(19-4)14(11)16/h5-7,17H,8-10H2,1-4H3. The largest absolute Gasteiger partial charge is 0.494 e. The lowest BCUT2D eigenvalue weighted by Crippen LogP contribution is -2.37. The summed E-state index contributed by atoms with van der Waals surface area (Å²) < 4.78 is 18.7. The Morgan fingerprint density at radius 3 is 2.63 bits per heavy atom. The molecule has 0 saturated carbocycles. The number of ketones is 1. The number of benzene rings is 1. The van der Waals surface area contributed by atoms with Gasteiger partial charge in [0.1, 0.15) is 5.78 Å². The van der Waals surface area contributed by atoms with Crippen LogP contribution in [0.4, 0.5) is 4.39 Å². The van der Waals surface area contributed by atoms with E-state index >= 15 is 0 Å². The summed E-state index contributed by atoms with van der Waals surface area (Å²) in [6, 6.07) is 4.86. The van der Waals surface area contributed by atoms with Gasteiger partial charge in [0.2, 0.25) is 0 Å². The van der Waals surface area contributed by atoms with Gasteiger partial charge in [-0.05, 0) is 32.4 Å². The van der Waals surface area contributed by atoms with Crippen molar-refractivity contribution in [1.29, 1.82) is 0 Å². The molecule has 19 heavy (non-hydrogen) atoms. The van der Waals surface area contributed by atoms with Crippen molar-refractivity contribution in [1.82, 2.24) is 5.32 Å². The van der Waals surface area contributed by atoms with Gasteiger partial charge in [-0.1, -0.05) is 12.1 Å². The summed E-state index contributed by atoms with van der Waals surface area (Å²) in [5.74, 6) is -0.246. The molecule has 4 heteroatoms. The molecule has 1 N–H and O–H groups in total. The summed E-state index contributed by atoms with van der Waals surface area (Å²) in [7, 11) is 1.41. The second kappa shape index (κ2) is 6.66. The van der Waals surface area contributed by atoms with Crippen LogP contribution >= 0.6 is 0 Å². The predicted octanol–water partition coefficient (Wildman–Crippen LogP) is 2.72. The predicted molar refractivity (Wildman–Crippen MR) is 74.0 cm³/mol. The van der Waals surface area contributed by atoms with E-state index in [9.17, 15) is 9.18 Å². The first-order valence-electron chi connectivity index (χ1n) is 6.41. The molecule has 0 saturated heterocycles. The Balaban J connectivity index is 2.53. The Bertz CT molecular complexity index is 438. The van der Waals surface area contributed by atoms with E-state index in [1.807, 2.05) is 20.8 Å². The van der Waals surface area contributed by atoms with Crippen molar-refractivity contribution in [3.8, 4) is 5.75 Å². The van der Waals surface area contributed by atoms with Crippen LogP contribution in [0.1, 0.15) is 32.8 Å². The van der Waals surface area contributed by atoms with E-state index in [1.165, 1.54) is 7.11 Å². The van der Waals surface area contributed by atoms with Crippen molar-refractivity contribution in [3.05, 3.63) is 29.6 Å². The van der Waals surface area contributed by atoms with Crippen molar-refractivity contribution in [2.24, 2.45) is 0 Å². The highest BCUT2D eigenvalue weighted by molar-refractivity contribution is 5.81. The maximum Gasteiger partial charge on any atom is 0.168 e. The molecule has 1 rings (SSSR count). The lowest BCUT2D eigenvalue weighted by atomic mass is 10.0. The average Bonchev–Trinajstić information content (AvgIpc) is 2.30. The van der Waals surface area contributed by atoms with Gasteiger partial charge < -0.3 is 10.1 Å². The number of ether oxygens (including phenoxy) is 1. The van der Waals surface area contributed by atoms with E-state index in [1.54, 1.807) is 18.2 Å². The van der Waals surface area contributed by atoms with E-state index < -0.39 is 5.82 Å². The minimum absolute atomic E-state index is 0.0124. The molecule has 1 aromatic carbocycles. The maximum absolute atomic E-state index is 13.9. The normalized spacial score (nSPS) is 11.4. The fourth-order valence-corrected chi connectivity index (χ4v) is 1.73. The highest BCUT2D eigenvalue weighted by atomic mass is 19.1. The van der Waals surface area contributed by atoms with Crippen molar-refractivity contribution >= 4 is 5.78 Å². The van der Waals surface area contributed by atoms with Gasteiger partial charge in [0, 0.05) is 24.9 Å². The smallest absolute Gasteiger partial charge is 0.168 e. The average molecular weight is 267 g/mol. The number of nitrogens with one attached hydrogen (secondary N) is 1. The van der Waals surface area contributed by atoms with E-state index in [-0.39, 0.29) is 23.5 Å². The van der Waals surface area contributed by atoms with Crippen LogP contribution in [0, 0.1) is 5.82 Å². The Morgan fingerprint density at radius 2 is 2.05 bits per heavy atom.